The minimum absolute atomic E-state index is 0.557. The van der Waals surface area contributed by atoms with Crippen LogP contribution in [0.25, 0.3) is 11.1 Å². The molecule has 4 heteroatoms. The summed E-state index contributed by atoms with van der Waals surface area (Å²) in [6.07, 6.45) is 2.73. The van der Waals surface area contributed by atoms with Crippen LogP contribution in [0.5, 0.6) is 11.6 Å². The van der Waals surface area contributed by atoms with Crippen LogP contribution in [0.3, 0.4) is 0 Å². The molecule has 0 fully saturated rings. The number of aromatic nitrogens is 2. The third-order valence-electron chi connectivity index (χ3n) is 3.62. The van der Waals surface area contributed by atoms with E-state index in [1.54, 1.807) is 6.20 Å². The van der Waals surface area contributed by atoms with Gasteiger partial charge in [0.2, 0.25) is 5.88 Å². The Bertz CT molecular complexity index is 757. The van der Waals surface area contributed by atoms with Crippen LogP contribution < -0.4 is 4.74 Å². The quantitative estimate of drug-likeness (QED) is 0.699. The largest absolute Gasteiger partial charge is 0.438 e. The molecule has 1 aromatic carbocycles. The van der Waals surface area contributed by atoms with Crippen molar-refractivity contribution in [1.82, 2.24) is 10.1 Å². The van der Waals surface area contributed by atoms with E-state index in [1.807, 2.05) is 38.1 Å². The first-order valence-corrected chi connectivity index (χ1v) is 7.34. The number of benzene rings is 1. The third kappa shape index (κ3) is 2.72. The molecule has 4 nitrogen and oxygen atoms in total. The molecule has 22 heavy (non-hydrogen) atoms. The van der Waals surface area contributed by atoms with Gasteiger partial charge in [0.25, 0.3) is 0 Å². The lowest BCUT2D eigenvalue weighted by Crippen LogP contribution is -1.93. The van der Waals surface area contributed by atoms with E-state index in [1.165, 1.54) is 5.56 Å². The number of hydrogen-bond donors (Lipinski definition) is 0. The van der Waals surface area contributed by atoms with E-state index in [0.717, 1.165) is 34.8 Å². The molecule has 0 spiro atoms. The first-order chi connectivity index (χ1) is 10.7. The predicted octanol–water partition coefficient (Wildman–Crippen LogP) is 4.71. The number of rotatable bonds is 4. The van der Waals surface area contributed by atoms with Gasteiger partial charge in [-0.3, -0.25) is 0 Å². The van der Waals surface area contributed by atoms with E-state index in [4.69, 9.17) is 9.26 Å². The molecule has 2 heterocycles. The van der Waals surface area contributed by atoms with Crippen LogP contribution in [0.1, 0.15) is 23.9 Å². The monoisotopic (exact) mass is 294 g/mol. The highest BCUT2D eigenvalue weighted by atomic mass is 16.5. The van der Waals surface area contributed by atoms with Crippen molar-refractivity contribution >= 4 is 0 Å². The Morgan fingerprint density at radius 2 is 1.86 bits per heavy atom. The van der Waals surface area contributed by atoms with Gasteiger partial charge in [-0.2, -0.15) is 0 Å². The third-order valence-corrected chi connectivity index (χ3v) is 3.62. The lowest BCUT2D eigenvalue weighted by Gasteiger charge is -2.10. The normalized spacial score (nSPS) is 10.7. The highest BCUT2D eigenvalue weighted by Gasteiger charge is 2.17. The van der Waals surface area contributed by atoms with Crippen molar-refractivity contribution in [3.63, 3.8) is 0 Å². The van der Waals surface area contributed by atoms with Crippen LogP contribution >= 0.6 is 0 Å². The summed E-state index contributed by atoms with van der Waals surface area (Å²) < 4.78 is 11.2. The van der Waals surface area contributed by atoms with Crippen LogP contribution in [-0.2, 0) is 6.42 Å². The summed E-state index contributed by atoms with van der Waals surface area (Å²) in [6.45, 7) is 5.94. The Balaban J connectivity index is 1.98. The molecule has 0 amide bonds. The van der Waals surface area contributed by atoms with Gasteiger partial charge in [0.05, 0.1) is 11.3 Å². The molecule has 0 saturated carbocycles. The number of pyridine rings is 1. The molecule has 112 valence electrons. The van der Waals surface area contributed by atoms with E-state index >= 15 is 0 Å². The van der Waals surface area contributed by atoms with Gasteiger partial charge in [0.15, 0.2) is 0 Å². The number of hydrogen-bond acceptors (Lipinski definition) is 4. The number of nitrogens with zero attached hydrogens (tertiary/aromatic N) is 2. The van der Waals surface area contributed by atoms with Crippen molar-refractivity contribution in [2.45, 2.75) is 27.2 Å². The van der Waals surface area contributed by atoms with E-state index in [0.29, 0.717) is 5.88 Å². The van der Waals surface area contributed by atoms with Crippen molar-refractivity contribution in [2.24, 2.45) is 0 Å². The van der Waals surface area contributed by atoms with Crippen molar-refractivity contribution in [1.29, 1.82) is 0 Å². The molecule has 0 saturated heterocycles. The lowest BCUT2D eigenvalue weighted by atomic mass is 10.1. The van der Waals surface area contributed by atoms with Crippen LogP contribution in [0.2, 0.25) is 0 Å². The van der Waals surface area contributed by atoms with E-state index < -0.39 is 0 Å². The summed E-state index contributed by atoms with van der Waals surface area (Å²) in [5, 5.41) is 4.01. The zero-order valence-electron chi connectivity index (χ0n) is 13.0. The molecule has 2 aromatic heterocycles. The fourth-order valence-corrected chi connectivity index (χ4v) is 2.43. The average molecular weight is 294 g/mol. The molecule has 0 atom stereocenters. The molecule has 3 rings (SSSR count). The Morgan fingerprint density at radius 1 is 1.09 bits per heavy atom. The fraction of sp³-hybridized carbons (Fsp3) is 0.222. The van der Waals surface area contributed by atoms with E-state index in [-0.39, 0.29) is 0 Å². The highest BCUT2D eigenvalue weighted by molar-refractivity contribution is 5.72. The van der Waals surface area contributed by atoms with Gasteiger partial charge >= 0.3 is 0 Å². The molecule has 0 aliphatic rings. The topological polar surface area (TPSA) is 48.2 Å². The summed E-state index contributed by atoms with van der Waals surface area (Å²) in [7, 11) is 0. The second-order valence-corrected chi connectivity index (χ2v) is 5.15. The summed E-state index contributed by atoms with van der Waals surface area (Å²) >= 11 is 0. The van der Waals surface area contributed by atoms with E-state index in [9.17, 15) is 0 Å². The molecular formula is C18H18N2O2. The summed E-state index contributed by atoms with van der Waals surface area (Å²) in [5.74, 6) is 2.08. The Morgan fingerprint density at radius 3 is 2.50 bits per heavy atom. The molecule has 0 radical (unpaired) electrons. The predicted molar refractivity (Wildman–Crippen MR) is 85.1 cm³/mol. The second kappa shape index (κ2) is 6.02. The van der Waals surface area contributed by atoms with Crippen LogP contribution in [0.15, 0.2) is 47.1 Å². The minimum atomic E-state index is 0.557. The first kappa shape index (κ1) is 14.3. The van der Waals surface area contributed by atoms with Crippen molar-refractivity contribution in [3.8, 4) is 22.8 Å². The highest BCUT2D eigenvalue weighted by Crippen LogP contribution is 2.35. The standard InChI is InChI=1S/C18H18N2O2/c1-4-14-7-9-15(10-8-14)21-18-16(6-5-11-19-18)17-12(2)20-22-13(17)3/h5-11H,4H2,1-3H3. The summed E-state index contributed by atoms with van der Waals surface area (Å²) in [4.78, 5) is 4.36. The molecule has 3 aromatic rings. The summed E-state index contributed by atoms with van der Waals surface area (Å²) in [6, 6.07) is 11.9. The second-order valence-electron chi connectivity index (χ2n) is 5.15. The molecule has 0 N–H and O–H groups in total. The molecule has 0 bridgehead atoms. The number of ether oxygens (including phenoxy) is 1. The molecule has 0 aliphatic heterocycles. The van der Waals surface area contributed by atoms with Crippen molar-refractivity contribution in [3.05, 3.63) is 59.6 Å². The van der Waals surface area contributed by atoms with Crippen LogP contribution in [-0.4, -0.2) is 10.1 Å². The van der Waals surface area contributed by atoms with E-state index in [2.05, 4.69) is 29.2 Å². The lowest BCUT2D eigenvalue weighted by molar-refractivity contribution is 0.393. The maximum atomic E-state index is 5.96. The van der Waals surface area contributed by atoms with Gasteiger partial charge in [-0.05, 0) is 50.1 Å². The van der Waals surface area contributed by atoms with Crippen molar-refractivity contribution < 1.29 is 9.26 Å². The van der Waals surface area contributed by atoms with Crippen molar-refractivity contribution in [2.75, 3.05) is 0 Å². The minimum Gasteiger partial charge on any atom is -0.438 e. The molecule has 0 aliphatic carbocycles. The first-order valence-electron chi connectivity index (χ1n) is 7.34. The van der Waals surface area contributed by atoms with Crippen LogP contribution in [0, 0.1) is 13.8 Å². The average Bonchev–Trinajstić information content (AvgIpc) is 2.88. The van der Waals surface area contributed by atoms with Crippen LogP contribution in [0.4, 0.5) is 0 Å². The smallest absolute Gasteiger partial charge is 0.227 e. The zero-order valence-corrected chi connectivity index (χ0v) is 13.0. The Hall–Kier alpha value is -2.62. The SMILES string of the molecule is CCc1ccc(Oc2ncccc2-c2c(C)noc2C)cc1. The maximum absolute atomic E-state index is 5.96. The van der Waals surface area contributed by atoms with Gasteiger partial charge < -0.3 is 9.26 Å². The molecular weight excluding hydrogens is 276 g/mol. The Kier molecular flexibility index (Phi) is 3.92. The summed E-state index contributed by atoms with van der Waals surface area (Å²) in [5.41, 5.74) is 3.93. The Labute approximate surface area is 129 Å². The molecule has 0 unspecified atom stereocenters. The van der Waals surface area contributed by atoms with Gasteiger partial charge in [0.1, 0.15) is 11.5 Å². The number of aryl methyl sites for hydroxylation is 3. The fourth-order valence-electron chi connectivity index (χ4n) is 2.43. The maximum Gasteiger partial charge on any atom is 0.227 e. The zero-order chi connectivity index (χ0) is 15.5. The van der Waals surface area contributed by atoms with Gasteiger partial charge in [-0.1, -0.05) is 24.2 Å². The van der Waals surface area contributed by atoms with Gasteiger partial charge in [-0.25, -0.2) is 4.98 Å². The van der Waals surface area contributed by atoms with Gasteiger partial charge in [-0.15, -0.1) is 0 Å². The van der Waals surface area contributed by atoms with Gasteiger partial charge in [0, 0.05) is 11.8 Å².